The molecule has 0 fully saturated rings. The van der Waals surface area contributed by atoms with Gasteiger partial charge < -0.3 is 15.2 Å². The lowest BCUT2D eigenvalue weighted by Gasteiger charge is -2.13. The molecule has 24 heavy (non-hydrogen) atoms. The molecule has 0 heterocycles. The predicted octanol–water partition coefficient (Wildman–Crippen LogP) is 3.29. The molecule has 2 aromatic rings. The van der Waals surface area contributed by atoms with Crippen molar-refractivity contribution in [2.24, 2.45) is 5.73 Å². The van der Waals surface area contributed by atoms with Crippen molar-refractivity contribution in [1.29, 1.82) is 0 Å². The van der Waals surface area contributed by atoms with E-state index in [9.17, 15) is 4.79 Å². The summed E-state index contributed by atoms with van der Waals surface area (Å²) in [5, 5.41) is 2.93. The van der Waals surface area contributed by atoms with E-state index in [1.165, 1.54) is 0 Å². The number of halogens is 1. The van der Waals surface area contributed by atoms with Crippen LogP contribution in [0.1, 0.15) is 22.8 Å². The van der Waals surface area contributed by atoms with Gasteiger partial charge in [0, 0.05) is 10.6 Å². The summed E-state index contributed by atoms with van der Waals surface area (Å²) >= 11 is 10.6. The minimum atomic E-state index is -0.398. The number of thiocarbonyl (C=S) groups is 1. The van der Waals surface area contributed by atoms with E-state index in [1.807, 2.05) is 25.1 Å². The highest BCUT2D eigenvalue weighted by Crippen LogP contribution is 2.29. The molecule has 7 heteroatoms. The Morgan fingerprint density at radius 3 is 2.67 bits per heavy atom. The van der Waals surface area contributed by atoms with Gasteiger partial charge in [-0.05, 0) is 55.0 Å². The molecule has 0 aliphatic carbocycles. The first-order chi connectivity index (χ1) is 11.5. The van der Waals surface area contributed by atoms with Crippen LogP contribution >= 0.6 is 23.8 Å². The summed E-state index contributed by atoms with van der Waals surface area (Å²) < 4.78 is 11.3. The first-order valence-corrected chi connectivity index (χ1v) is 8.03. The van der Waals surface area contributed by atoms with Gasteiger partial charge >= 0.3 is 0 Å². The van der Waals surface area contributed by atoms with E-state index in [1.54, 1.807) is 24.3 Å². The summed E-state index contributed by atoms with van der Waals surface area (Å²) in [6, 6.07) is 12.3. The molecule has 0 aliphatic heterocycles. The van der Waals surface area contributed by atoms with Crippen molar-refractivity contribution in [2.75, 3.05) is 6.61 Å². The summed E-state index contributed by atoms with van der Waals surface area (Å²) in [6.45, 7) is 2.62. The van der Waals surface area contributed by atoms with Crippen LogP contribution < -0.4 is 20.5 Å². The molecule has 5 nitrogen and oxygen atoms in total. The van der Waals surface area contributed by atoms with Crippen LogP contribution in [-0.2, 0) is 6.61 Å². The Hall–Kier alpha value is -2.31. The number of carbonyl (C=O) groups excluding carboxylic acids is 1. The second-order valence-corrected chi connectivity index (χ2v) is 5.71. The number of hydrogen-bond acceptors (Lipinski definition) is 4. The first-order valence-electron chi connectivity index (χ1n) is 7.24. The van der Waals surface area contributed by atoms with E-state index in [0.717, 1.165) is 5.56 Å². The molecule has 2 aromatic carbocycles. The molecule has 0 bridgehead atoms. The summed E-state index contributed by atoms with van der Waals surface area (Å²) in [5.74, 6) is 0.601. The molecule has 126 valence electrons. The normalized spacial score (nSPS) is 10.1. The molecule has 3 N–H and O–H groups in total. The van der Waals surface area contributed by atoms with E-state index in [-0.39, 0.29) is 5.11 Å². The maximum absolute atomic E-state index is 12.0. The van der Waals surface area contributed by atoms with Crippen molar-refractivity contribution < 1.29 is 14.3 Å². The van der Waals surface area contributed by atoms with Crippen LogP contribution in [0.25, 0.3) is 0 Å². The van der Waals surface area contributed by atoms with Crippen LogP contribution in [0.3, 0.4) is 0 Å². The molecule has 0 aromatic heterocycles. The Balaban J connectivity index is 2.16. The topological polar surface area (TPSA) is 73.6 Å². The summed E-state index contributed by atoms with van der Waals surface area (Å²) in [4.78, 5) is 12.0. The molecule has 0 saturated carbocycles. The number of carbonyl (C=O) groups is 1. The number of ether oxygens (including phenoxy) is 2. The molecular weight excluding hydrogens is 348 g/mol. The van der Waals surface area contributed by atoms with E-state index < -0.39 is 5.91 Å². The monoisotopic (exact) mass is 364 g/mol. The van der Waals surface area contributed by atoms with Gasteiger partial charge in [0.25, 0.3) is 5.91 Å². The fourth-order valence-electron chi connectivity index (χ4n) is 2.01. The van der Waals surface area contributed by atoms with Gasteiger partial charge in [0.15, 0.2) is 16.6 Å². The van der Waals surface area contributed by atoms with Crippen molar-refractivity contribution in [3.05, 3.63) is 58.6 Å². The fourth-order valence-corrected chi connectivity index (χ4v) is 2.31. The first kappa shape index (κ1) is 18.0. The molecule has 0 aliphatic rings. The molecular formula is C17H17ClN2O3S. The standard InChI is InChI=1S/C17H17ClN2O3S/c1-2-22-15-9-12(16(21)20-17(19)24)6-7-14(15)23-10-11-4-3-5-13(18)8-11/h3-9H,2,10H2,1H3,(H3,19,20,21,24). The second kappa shape index (κ2) is 8.52. The molecule has 0 atom stereocenters. The number of amides is 1. The summed E-state index contributed by atoms with van der Waals surface area (Å²) in [7, 11) is 0. The zero-order chi connectivity index (χ0) is 17.5. The Morgan fingerprint density at radius 2 is 2.00 bits per heavy atom. The van der Waals surface area contributed by atoms with Crippen LogP contribution in [0.5, 0.6) is 11.5 Å². The fraction of sp³-hybridized carbons (Fsp3) is 0.176. The van der Waals surface area contributed by atoms with Crippen LogP contribution in [0.2, 0.25) is 5.02 Å². The molecule has 2 rings (SSSR count). The lowest BCUT2D eigenvalue weighted by atomic mass is 10.2. The van der Waals surface area contributed by atoms with Gasteiger partial charge in [-0.2, -0.15) is 0 Å². The lowest BCUT2D eigenvalue weighted by molar-refractivity contribution is 0.0977. The summed E-state index contributed by atoms with van der Waals surface area (Å²) in [5.41, 5.74) is 6.62. The Morgan fingerprint density at radius 1 is 1.21 bits per heavy atom. The van der Waals surface area contributed by atoms with Gasteiger partial charge in [0.1, 0.15) is 6.61 Å². The highest BCUT2D eigenvalue weighted by atomic mass is 35.5. The van der Waals surface area contributed by atoms with Crippen LogP contribution in [0, 0.1) is 0 Å². The number of benzene rings is 2. The zero-order valence-corrected chi connectivity index (χ0v) is 14.6. The number of rotatable bonds is 6. The van der Waals surface area contributed by atoms with Crippen molar-refractivity contribution >= 4 is 34.8 Å². The highest BCUT2D eigenvalue weighted by Gasteiger charge is 2.12. The Kier molecular flexibility index (Phi) is 6.40. The van der Waals surface area contributed by atoms with Crippen LogP contribution in [0.4, 0.5) is 0 Å². The zero-order valence-electron chi connectivity index (χ0n) is 13.0. The SMILES string of the molecule is CCOc1cc(C(=O)NC(N)=S)ccc1OCc1cccc(Cl)c1. The van der Waals surface area contributed by atoms with Crippen molar-refractivity contribution in [2.45, 2.75) is 13.5 Å². The average molecular weight is 365 g/mol. The van der Waals surface area contributed by atoms with Crippen molar-refractivity contribution in [1.82, 2.24) is 5.32 Å². The van der Waals surface area contributed by atoms with E-state index in [0.29, 0.717) is 35.3 Å². The van der Waals surface area contributed by atoms with Crippen molar-refractivity contribution in [3.8, 4) is 11.5 Å². The maximum Gasteiger partial charge on any atom is 0.257 e. The Labute approximate surface area is 150 Å². The van der Waals surface area contributed by atoms with E-state index >= 15 is 0 Å². The van der Waals surface area contributed by atoms with E-state index in [4.69, 9.17) is 26.8 Å². The van der Waals surface area contributed by atoms with Gasteiger partial charge in [-0.1, -0.05) is 23.7 Å². The lowest BCUT2D eigenvalue weighted by Crippen LogP contribution is -2.34. The molecule has 0 unspecified atom stereocenters. The highest BCUT2D eigenvalue weighted by molar-refractivity contribution is 7.80. The van der Waals surface area contributed by atoms with Gasteiger partial charge in [0.2, 0.25) is 0 Å². The molecule has 0 radical (unpaired) electrons. The quantitative estimate of drug-likeness (QED) is 0.769. The smallest absolute Gasteiger partial charge is 0.257 e. The molecule has 0 spiro atoms. The van der Waals surface area contributed by atoms with Gasteiger partial charge in [-0.15, -0.1) is 0 Å². The third-order valence-electron chi connectivity index (χ3n) is 3.03. The number of hydrogen-bond donors (Lipinski definition) is 2. The average Bonchev–Trinajstić information content (AvgIpc) is 2.53. The van der Waals surface area contributed by atoms with Crippen molar-refractivity contribution in [3.63, 3.8) is 0 Å². The maximum atomic E-state index is 12.0. The van der Waals surface area contributed by atoms with E-state index in [2.05, 4.69) is 17.5 Å². The third-order valence-corrected chi connectivity index (χ3v) is 3.36. The van der Waals surface area contributed by atoms with Gasteiger partial charge in [-0.3, -0.25) is 10.1 Å². The largest absolute Gasteiger partial charge is 0.490 e. The van der Waals surface area contributed by atoms with Crippen LogP contribution in [-0.4, -0.2) is 17.6 Å². The minimum absolute atomic E-state index is 0.0840. The predicted molar refractivity (Wildman–Crippen MR) is 97.6 cm³/mol. The third kappa shape index (κ3) is 5.11. The summed E-state index contributed by atoms with van der Waals surface area (Å²) in [6.07, 6.45) is 0. The van der Waals surface area contributed by atoms with Crippen LogP contribution in [0.15, 0.2) is 42.5 Å². The molecule has 0 saturated heterocycles. The Bertz CT molecular complexity index is 752. The van der Waals surface area contributed by atoms with Gasteiger partial charge in [-0.25, -0.2) is 0 Å². The molecule has 1 amide bonds. The number of nitrogens with one attached hydrogen (secondary N) is 1. The second-order valence-electron chi connectivity index (χ2n) is 4.83. The van der Waals surface area contributed by atoms with Gasteiger partial charge in [0.05, 0.1) is 6.61 Å². The minimum Gasteiger partial charge on any atom is -0.490 e. The number of nitrogens with two attached hydrogens (primary N) is 1.